The molecule has 0 aliphatic rings. The first kappa shape index (κ1) is 10.3. The normalized spacial score (nSPS) is 13.0. The summed E-state index contributed by atoms with van der Waals surface area (Å²) in [7, 11) is 0. The molecule has 0 spiro atoms. The van der Waals surface area contributed by atoms with Crippen LogP contribution in [0.1, 0.15) is 25.6 Å². The van der Waals surface area contributed by atoms with Gasteiger partial charge >= 0.3 is 0 Å². The molecular weight excluding hydrogens is 208 g/mol. The summed E-state index contributed by atoms with van der Waals surface area (Å²) in [5.41, 5.74) is 7.77. The summed E-state index contributed by atoms with van der Waals surface area (Å²) in [6, 6.07) is -0.00350. The number of hydrogen-bond donors (Lipinski definition) is 1. The molecule has 2 N–H and O–H groups in total. The van der Waals surface area contributed by atoms with Crippen LogP contribution in [0.5, 0.6) is 0 Å². The molecule has 80 valence electrons. The quantitative estimate of drug-likeness (QED) is 0.864. The lowest BCUT2D eigenvalue weighted by molar-refractivity contribution is 0.660. The van der Waals surface area contributed by atoms with Gasteiger partial charge in [0.25, 0.3) is 0 Å². The van der Waals surface area contributed by atoms with Gasteiger partial charge in [-0.05, 0) is 13.8 Å². The van der Waals surface area contributed by atoms with Crippen molar-refractivity contribution in [3.8, 4) is 10.6 Å². The topological polar surface area (TPSA) is 56.7 Å². The lowest BCUT2D eigenvalue weighted by atomic mass is 10.3. The minimum Gasteiger partial charge on any atom is -0.323 e. The van der Waals surface area contributed by atoms with Gasteiger partial charge in [-0.3, -0.25) is 4.68 Å². The highest BCUT2D eigenvalue weighted by molar-refractivity contribution is 7.13. The van der Waals surface area contributed by atoms with Crippen LogP contribution in [0, 0.1) is 0 Å². The van der Waals surface area contributed by atoms with E-state index >= 15 is 0 Å². The monoisotopic (exact) mass is 222 g/mol. The zero-order valence-electron chi connectivity index (χ0n) is 8.84. The highest BCUT2D eigenvalue weighted by Gasteiger charge is 2.08. The second-order valence-corrected chi connectivity index (χ2v) is 4.31. The smallest absolute Gasteiger partial charge is 0.126 e. The fourth-order valence-electron chi connectivity index (χ4n) is 1.27. The molecule has 0 aromatic carbocycles. The van der Waals surface area contributed by atoms with Crippen molar-refractivity contribution in [2.45, 2.75) is 26.4 Å². The molecule has 0 bridgehead atoms. The predicted molar refractivity (Wildman–Crippen MR) is 61.6 cm³/mol. The van der Waals surface area contributed by atoms with E-state index in [1.165, 1.54) is 0 Å². The standard InChI is InChI=1S/C10H14N4S/c1-3-14-5-8(4-12-14)10-13-9(6-15-10)7(2)11/h4-7H,3,11H2,1-2H3. The van der Waals surface area contributed by atoms with Crippen LogP contribution in [-0.4, -0.2) is 14.8 Å². The van der Waals surface area contributed by atoms with Gasteiger partial charge in [-0.15, -0.1) is 11.3 Å². The van der Waals surface area contributed by atoms with Crippen LogP contribution in [0.2, 0.25) is 0 Å². The lowest BCUT2D eigenvalue weighted by Gasteiger charge is -1.96. The van der Waals surface area contributed by atoms with E-state index in [4.69, 9.17) is 5.73 Å². The summed E-state index contributed by atoms with van der Waals surface area (Å²) < 4.78 is 1.89. The Hall–Kier alpha value is -1.20. The van der Waals surface area contributed by atoms with Crippen LogP contribution in [0.15, 0.2) is 17.8 Å². The van der Waals surface area contributed by atoms with Crippen molar-refractivity contribution >= 4 is 11.3 Å². The first-order chi connectivity index (χ1) is 7.20. The summed E-state index contributed by atoms with van der Waals surface area (Å²) in [4.78, 5) is 4.47. The van der Waals surface area contributed by atoms with Gasteiger partial charge in [-0.2, -0.15) is 5.10 Å². The van der Waals surface area contributed by atoms with Crippen LogP contribution >= 0.6 is 11.3 Å². The molecule has 0 amide bonds. The highest BCUT2D eigenvalue weighted by Crippen LogP contribution is 2.24. The zero-order valence-corrected chi connectivity index (χ0v) is 9.66. The molecule has 15 heavy (non-hydrogen) atoms. The number of aryl methyl sites for hydroxylation is 1. The maximum Gasteiger partial charge on any atom is 0.126 e. The third kappa shape index (κ3) is 2.08. The van der Waals surface area contributed by atoms with Gasteiger partial charge in [0.2, 0.25) is 0 Å². The number of nitrogens with two attached hydrogens (primary N) is 1. The fraction of sp³-hybridized carbons (Fsp3) is 0.400. The molecule has 0 aliphatic carbocycles. The molecular formula is C10H14N4S. The van der Waals surface area contributed by atoms with Gasteiger partial charge < -0.3 is 5.73 Å². The predicted octanol–water partition coefficient (Wildman–Crippen LogP) is 2.05. The third-order valence-electron chi connectivity index (χ3n) is 2.19. The molecule has 0 fully saturated rings. The number of hydrogen-bond acceptors (Lipinski definition) is 4. The van der Waals surface area contributed by atoms with Crippen molar-refractivity contribution in [3.63, 3.8) is 0 Å². The molecule has 0 aliphatic heterocycles. The van der Waals surface area contributed by atoms with E-state index in [-0.39, 0.29) is 6.04 Å². The minimum atomic E-state index is -0.00350. The molecule has 0 saturated heterocycles. The van der Waals surface area contributed by atoms with Gasteiger partial charge in [-0.1, -0.05) is 0 Å². The average molecular weight is 222 g/mol. The molecule has 5 heteroatoms. The van der Waals surface area contributed by atoms with Crippen LogP contribution in [0.4, 0.5) is 0 Å². The molecule has 1 atom stereocenters. The highest BCUT2D eigenvalue weighted by atomic mass is 32.1. The van der Waals surface area contributed by atoms with Crippen molar-refractivity contribution in [2.75, 3.05) is 0 Å². The molecule has 2 aromatic heterocycles. The number of nitrogens with zero attached hydrogens (tertiary/aromatic N) is 3. The molecule has 2 aromatic rings. The summed E-state index contributed by atoms with van der Waals surface area (Å²) in [6.45, 7) is 4.88. The number of rotatable bonds is 3. The Morgan fingerprint density at radius 3 is 2.93 bits per heavy atom. The minimum absolute atomic E-state index is 0.00350. The largest absolute Gasteiger partial charge is 0.323 e. The van der Waals surface area contributed by atoms with Gasteiger partial charge in [0, 0.05) is 29.7 Å². The van der Waals surface area contributed by atoms with Gasteiger partial charge in [0.05, 0.1) is 11.9 Å². The van der Waals surface area contributed by atoms with Crippen molar-refractivity contribution in [3.05, 3.63) is 23.5 Å². The van der Waals surface area contributed by atoms with Gasteiger partial charge in [0.15, 0.2) is 0 Å². The number of thiazole rings is 1. The maximum absolute atomic E-state index is 5.76. The molecule has 1 unspecified atom stereocenters. The Morgan fingerprint density at radius 1 is 1.60 bits per heavy atom. The van der Waals surface area contributed by atoms with Crippen LogP contribution in [-0.2, 0) is 6.54 Å². The maximum atomic E-state index is 5.76. The van der Waals surface area contributed by atoms with E-state index in [2.05, 4.69) is 17.0 Å². The summed E-state index contributed by atoms with van der Waals surface area (Å²) in [5, 5.41) is 7.21. The second kappa shape index (κ2) is 4.12. The van der Waals surface area contributed by atoms with E-state index in [1.807, 2.05) is 29.4 Å². The van der Waals surface area contributed by atoms with Crippen LogP contribution in [0.3, 0.4) is 0 Å². The van der Waals surface area contributed by atoms with Crippen molar-refractivity contribution in [2.24, 2.45) is 5.73 Å². The van der Waals surface area contributed by atoms with E-state index in [1.54, 1.807) is 11.3 Å². The van der Waals surface area contributed by atoms with Crippen LogP contribution in [0.25, 0.3) is 10.6 Å². The summed E-state index contributed by atoms with van der Waals surface area (Å²) in [5.74, 6) is 0. The first-order valence-corrected chi connectivity index (χ1v) is 5.82. The Balaban J connectivity index is 2.28. The Labute approximate surface area is 92.8 Å². The van der Waals surface area contributed by atoms with Crippen molar-refractivity contribution in [1.82, 2.24) is 14.8 Å². The third-order valence-corrected chi connectivity index (χ3v) is 3.10. The number of aromatic nitrogens is 3. The molecule has 2 heterocycles. The second-order valence-electron chi connectivity index (χ2n) is 3.45. The molecule has 4 nitrogen and oxygen atoms in total. The van der Waals surface area contributed by atoms with E-state index < -0.39 is 0 Å². The Morgan fingerprint density at radius 2 is 2.40 bits per heavy atom. The average Bonchev–Trinajstić information content (AvgIpc) is 2.86. The summed E-state index contributed by atoms with van der Waals surface area (Å²) >= 11 is 1.61. The zero-order chi connectivity index (χ0) is 10.8. The Bertz CT molecular complexity index is 444. The summed E-state index contributed by atoms with van der Waals surface area (Å²) in [6.07, 6.45) is 3.84. The lowest BCUT2D eigenvalue weighted by Crippen LogP contribution is -2.04. The van der Waals surface area contributed by atoms with Crippen molar-refractivity contribution in [1.29, 1.82) is 0 Å². The molecule has 2 rings (SSSR count). The van der Waals surface area contributed by atoms with E-state index in [9.17, 15) is 0 Å². The molecule has 0 saturated carbocycles. The first-order valence-electron chi connectivity index (χ1n) is 4.94. The van der Waals surface area contributed by atoms with Crippen LogP contribution < -0.4 is 5.73 Å². The van der Waals surface area contributed by atoms with Gasteiger partial charge in [0.1, 0.15) is 5.01 Å². The van der Waals surface area contributed by atoms with E-state index in [0.717, 1.165) is 22.8 Å². The SMILES string of the molecule is CCn1cc(-c2nc(C(C)N)cs2)cn1. The molecule has 0 radical (unpaired) electrons. The van der Waals surface area contributed by atoms with Crippen molar-refractivity contribution < 1.29 is 0 Å². The Kier molecular flexibility index (Phi) is 2.83. The van der Waals surface area contributed by atoms with E-state index in [0.29, 0.717) is 0 Å². The fourth-order valence-corrected chi connectivity index (χ4v) is 2.17. The van der Waals surface area contributed by atoms with Gasteiger partial charge in [-0.25, -0.2) is 4.98 Å².